The summed E-state index contributed by atoms with van der Waals surface area (Å²) in [5, 5.41) is 4.18. The number of rotatable bonds is 4. The molecular formula is C16H15BrClNO. The van der Waals surface area contributed by atoms with Crippen LogP contribution in [0.15, 0.2) is 46.9 Å². The van der Waals surface area contributed by atoms with E-state index in [1.165, 1.54) is 11.1 Å². The molecule has 0 radical (unpaired) electrons. The highest BCUT2D eigenvalue weighted by atomic mass is 79.9. The van der Waals surface area contributed by atoms with Gasteiger partial charge in [-0.2, -0.15) is 0 Å². The van der Waals surface area contributed by atoms with Gasteiger partial charge in [0.25, 0.3) is 0 Å². The van der Waals surface area contributed by atoms with Crippen molar-refractivity contribution in [3.63, 3.8) is 0 Å². The standard InChI is InChI=1S/C16H15BrClNO/c17-14-7-11(5-6-15(14)18)9-19-10-13-8-12-3-1-2-4-16(12)20-13/h1-7,13,19H,8-10H2. The Bertz CT molecular complexity index is 592. The van der Waals surface area contributed by atoms with Crippen LogP contribution in [-0.4, -0.2) is 12.6 Å². The molecule has 2 aromatic rings. The molecule has 1 unspecified atom stereocenters. The molecule has 104 valence electrons. The monoisotopic (exact) mass is 351 g/mol. The second kappa shape index (κ2) is 6.17. The Balaban J connectivity index is 1.51. The third-order valence-corrected chi connectivity index (χ3v) is 4.61. The Morgan fingerprint density at radius 3 is 2.90 bits per heavy atom. The van der Waals surface area contributed by atoms with Gasteiger partial charge in [-0.25, -0.2) is 0 Å². The molecule has 0 aliphatic carbocycles. The molecule has 2 nitrogen and oxygen atoms in total. The highest BCUT2D eigenvalue weighted by Crippen LogP contribution is 2.28. The van der Waals surface area contributed by atoms with Crippen LogP contribution in [0.4, 0.5) is 0 Å². The molecule has 4 heteroatoms. The number of nitrogens with one attached hydrogen (secondary N) is 1. The van der Waals surface area contributed by atoms with Crippen LogP contribution in [-0.2, 0) is 13.0 Å². The van der Waals surface area contributed by atoms with Crippen molar-refractivity contribution < 1.29 is 4.74 Å². The average Bonchev–Trinajstić information content (AvgIpc) is 2.85. The molecule has 0 amide bonds. The molecule has 3 rings (SSSR count). The summed E-state index contributed by atoms with van der Waals surface area (Å²) in [7, 11) is 0. The first-order valence-corrected chi connectivity index (χ1v) is 7.78. The maximum Gasteiger partial charge on any atom is 0.123 e. The number of para-hydroxylation sites is 1. The van der Waals surface area contributed by atoms with Crippen LogP contribution in [0.2, 0.25) is 5.02 Å². The van der Waals surface area contributed by atoms with E-state index in [4.69, 9.17) is 16.3 Å². The summed E-state index contributed by atoms with van der Waals surface area (Å²) < 4.78 is 6.83. The van der Waals surface area contributed by atoms with E-state index < -0.39 is 0 Å². The minimum Gasteiger partial charge on any atom is -0.488 e. The molecule has 0 fully saturated rings. The van der Waals surface area contributed by atoms with E-state index in [0.29, 0.717) is 0 Å². The van der Waals surface area contributed by atoms with Gasteiger partial charge in [0.05, 0.1) is 5.02 Å². The van der Waals surface area contributed by atoms with E-state index in [1.807, 2.05) is 30.3 Å². The predicted molar refractivity (Wildman–Crippen MR) is 85.4 cm³/mol. The zero-order valence-electron chi connectivity index (χ0n) is 10.9. The van der Waals surface area contributed by atoms with Gasteiger partial charge in [0.1, 0.15) is 11.9 Å². The zero-order valence-corrected chi connectivity index (χ0v) is 13.2. The minimum absolute atomic E-state index is 0.225. The Labute approximate surface area is 132 Å². The van der Waals surface area contributed by atoms with E-state index in [0.717, 1.165) is 34.8 Å². The van der Waals surface area contributed by atoms with Crippen LogP contribution in [0.5, 0.6) is 5.75 Å². The first kappa shape index (κ1) is 13.9. The van der Waals surface area contributed by atoms with Crippen LogP contribution in [0, 0.1) is 0 Å². The fourth-order valence-corrected chi connectivity index (χ4v) is 2.94. The van der Waals surface area contributed by atoms with E-state index in [1.54, 1.807) is 0 Å². The molecule has 2 aromatic carbocycles. The van der Waals surface area contributed by atoms with Crippen molar-refractivity contribution in [3.05, 3.63) is 63.1 Å². The predicted octanol–water partition coefficient (Wildman–Crippen LogP) is 4.20. The number of hydrogen-bond donors (Lipinski definition) is 1. The summed E-state index contributed by atoms with van der Waals surface area (Å²) in [6.45, 7) is 1.65. The summed E-state index contributed by atoms with van der Waals surface area (Å²) in [5.41, 5.74) is 2.50. The summed E-state index contributed by atoms with van der Waals surface area (Å²) in [6, 6.07) is 14.2. The first-order valence-electron chi connectivity index (χ1n) is 6.61. The number of fused-ring (bicyclic) bond motifs is 1. The molecule has 0 bridgehead atoms. The molecule has 1 N–H and O–H groups in total. The fourth-order valence-electron chi connectivity index (χ4n) is 2.39. The number of hydrogen-bond acceptors (Lipinski definition) is 2. The molecule has 0 saturated heterocycles. The van der Waals surface area contributed by atoms with Gasteiger partial charge < -0.3 is 10.1 Å². The number of halogens is 2. The second-order valence-corrected chi connectivity index (χ2v) is 6.19. The SMILES string of the molecule is Clc1ccc(CNCC2Cc3ccccc3O2)cc1Br. The summed E-state index contributed by atoms with van der Waals surface area (Å²) in [5.74, 6) is 1.02. The lowest BCUT2D eigenvalue weighted by molar-refractivity contribution is 0.227. The number of benzene rings is 2. The normalized spacial score (nSPS) is 16.8. The Morgan fingerprint density at radius 1 is 1.25 bits per heavy atom. The van der Waals surface area contributed by atoms with Gasteiger partial charge in [-0.15, -0.1) is 0 Å². The highest BCUT2D eigenvalue weighted by molar-refractivity contribution is 9.10. The largest absolute Gasteiger partial charge is 0.488 e. The first-order chi connectivity index (χ1) is 9.72. The Morgan fingerprint density at radius 2 is 2.10 bits per heavy atom. The minimum atomic E-state index is 0.225. The van der Waals surface area contributed by atoms with Gasteiger partial charge in [0.2, 0.25) is 0 Å². The average molecular weight is 353 g/mol. The molecule has 1 aliphatic heterocycles. The topological polar surface area (TPSA) is 21.3 Å². The Hall–Kier alpha value is -1.03. The van der Waals surface area contributed by atoms with Gasteiger partial charge in [-0.3, -0.25) is 0 Å². The van der Waals surface area contributed by atoms with Crippen molar-refractivity contribution in [2.45, 2.75) is 19.1 Å². The van der Waals surface area contributed by atoms with E-state index in [2.05, 4.69) is 33.4 Å². The van der Waals surface area contributed by atoms with Gasteiger partial charge >= 0.3 is 0 Å². The van der Waals surface area contributed by atoms with Crippen LogP contribution in [0.25, 0.3) is 0 Å². The van der Waals surface area contributed by atoms with Crippen LogP contribution >= 0.6 is 27.5 Å². The van der Waals surface area contributed by atoms with Gasteiger partial charge in [-0.1, -0.05) is 35.9 Å². The fraction of sp³-hybridized carbons (Fsp3) is 0.250. The van der Waals surface area contributed by atoms with Crippen molar-refractivity contribution in [2.75, 3.05) is 6.54 Å². The molecule has 0 spiro atoms. The van der Waals surface area contributed by atoms with Crippen molar-refractivity contribution in [3.8, 4) is 5.75 Å². The molecule has 1 heterocycles. The van der Waals surface area contributed by atoms with Gasteiger partial charge in [-0.05, 0) is 45.3 Å². The molecular weight excluding hydrogens is 338 g/mol. The highest BCUT2D eigenvalue weighted by Gasteiger charge is 2.21. The summed E-state index contributed by atoms with van der Waals surface area (Å²) >= 11 is 9.42. The molecule has 1 aliphatic rings. The molecule has 1 atom stereocenters. The Kier molecular flexibility index (Phi) is 4.29. The van der Waals surface area contributed by atoms with E-state index in [9.17, 15) is 0 Å². The van der Waals surface area contributed by atoms with Gasteiger partial charge in [0, 0.05) is 24.0 Å². The van der Waals surface area contributed by atoms with Crippen LogP contribution in [0.3, 0.4) is 0 Å². The van der Waals surface area contributed by atoms with Crippen LogP contribution in [0.1, 0.15) is 11.1 Å². The third kappa shape index (κ3) is 3.17. The molecule has 0 aromatic heterocycles. The maximum atomic E-state index is 5.98. The summed E-state index contributed by atoms with van der Waals surface area (Å²) in [4.78, 5) is 0. The van der Waals surface area contributed by atoms with Gasteiger partial charge in [0.15, 0.2) is 0 Å². The molecule has 20 heavy (non-hydrogen) atoms. The zero-order chi connectivity index (χ0) is 13.9. The lowest BCUT2D eigenvalue weighted by atomic mass is 10.1. The van der Waals surface area contributed by atoms with Crippen molar-refractivity contribution in [2.24, 2.45) is 0 Å². The van der Waals surface area contributed by atoms with Crippen molar-refractivity contribution in [1.29, 1.82) is 0 Å². The lowest BCUT2D eigenvalue weighted by Gasteiger charge is -2.12. The molecule has 0 saturated carbocycles. The third-order valence-electron chi connectivity index (χ3n) is 3.40. The summed E-state index contributed by atoms with van der Waals surface area (Å²) in [6.07, 6.45) is 1.20. The van der Waals surface area contributed by atoms with Crippen molar-refractivity contribution in [1.82, 2.24) is 5.32 Å². The van der Waals surface area contributed by atoms with Crippen molar-refractivity contribution >= 4 is 27.5 Å². The quantitative estimate of drug-likeness (QED) is 0.890. The number of ether oxygens (including phenoxy) is 1. The van der Waals surface area contributed by atoms with Crippen LogP contribution < -0.4 is 10.1 Å². The smallest absolute Gasteiger partial charge is 0.123 e. The maximum absolute atomic E-state index is 5.98. The lowest BCUT2D eigenvalue weighted by Crippen LogP contribution is -2.29. The second-order valence-electron chi connectivity index (χ2n) is 4.93. The van der Waals surface area contributed by atoms with E-state index in [-0.39, 0.29) is 6.10 Å². The van der Waals surface area contributed by atoms with E-state index >= 15 is 0 Å².